The maximum Gasteiger partial charge on any atom is 0.147 e. The van der Waals surface area contributed by atoms with Crippen LogP contribution >= 0.6 is 0 Å². The topological polar surface area (TPSA) is 49.2 Å². The molecule has 2 rings (SSSR count). The predicted octanol–water partition coefficient (Wildman–Crippen LogP) is 1.74. The fraction of sp³-hybridized carbons (Fsp3) is 0.667. The van der Waals surface area contributed by atoms with Crippen molar-refractivity contribution in [2.45, 2.75) is 45.3 Å². The van der Waals surface area contributed by atoms with Gasteiger partial charge in [-0.15, -0.1) is 0 Å². The fourth-order valence-electron chi connectivity index (χ4n) is 2.43. The SMILES string of the molecule is CCN(c1cncc(CO)n1)C1CCCC1. The van der Waals surface area contributed by atoms with E-state index in [-0.39, 0.29) is 6.61 Å². The second-order valence-electron chi connectivity index (χ2n) is 4.25. The third-order valence-electron chi connectivity index (χ3n) is 3.23. The van der Waals surface area contributed by atoms with Gasteiger partial charge in [0.05, 0.1) is 24.7 Å². The first-order chi connectivity index (χ1) is 7.85. The number of aliphatic hydroxyl groups is 1. The summed E-state index contributed by atoms with van der Waals surface area (Å²) in [7, 11) is 0. The van der Waals surface area contributed by atoms with E-state index in [4.69, 9.17) is 5.11 Å². The highest BCUT2D eigenvalue weighted by molar-refractivity contribution is 5.38. The minimum absolute atomic E-state index is 0.0386. The van der Waals surface area contributed by atoms with Gasteiger partial charge in [0.25, 0.3) is 0 Å². The number of aromatic nitrogens is 2. The third-order valence-corrected chi connectivity index (χ3v) is 3.23. The van der Waals surface area contributed by atoms with Crippen molar-refractivity contribution in [2.24, 2.45) is 0 Å². The largest absolute Gasteiger partial charge is 0.390 e. The molecule has 1 fully saturated rings. The zero-order chi connectivity index (χ0) is 11.4. The van der Waals surface area contributed by atoms with Crippen LogP contribution in [0.25, 0.3) is 0 Å². The summed E-state index contributed by atoms with van der Waals surface area (Å²) in [6.45, 7) is 3.06. The summed E-state index contributed by atoms with van der Waals surface area (Å²) in [6.07, 6.45) is 8.54. The molecular weight excluding hydrogens is 202 g/mol. The fourth-order valence-corrected chi connectivity index (χ4v) is 2.43. The number of hydrogen-bond donors (Lipinski definition) is 1. The molecule has 1 heterocycles. The van der Waals surface area contributed by atoms with Crippen molar-refractivity contribution in [2.75, 3.05) is 11.4 Å². The molecule has 0 radical (unpaired) electrons. The third kappa shape index (κ3) is 2.32. The summed E-state index contributed by atoms with van der Waals surface area (Å²) in [5.74, 6) is 0.904. The predicted molar refractivity (Wildman–Crippen MR) is 63.2 cm³/mol. The van der Waals surface area contributed by atoms with Crippen molar-refractivity contribution >= 4 is 5.82 Å². The molecule has 1 aromatic rings. The molecule has 0 saturated heterocycles. The summed E-state index contributed by atoms with van der Waals surface area (Å²) in [6, 6.07) is 0.605. The molecule has 0 unspecified atom stereocenters. The lowest BCUT2D eigenvalue weighted by molar-refractivity contribution is 0.276. The van der Waals surface area contributed by atoms with E-state index in [2.05, 4.69) is 21.8 Å². The lowest BCUT2D eigenvalue weighted by Gasteiger charge is -2.28. The van der Waals surface area contributed by atoms with Gasteiger partial charge in [-0.25, -0.2) is 4.98 Å². The highest BCUT2D eigenvalue weighted by Gasteiger charge is 2.22. The number of anilines is 1. The Kier molecular flexibility index (Phi) is 3.72. The number of nitrogens with zero attached hydrogens (tertiary/aromatic N) is 3. The smallest absolute Gasteiger partial charge is 0.147 e. The monoisotopic (exact) mass is 221 g/mol. The standard InChI is InChI=1S/C12H19N3O/c1-2-15(11-5-3-4-6-11)12-8-13-7-10(9-16)14-12/h7-8,11,16H,2-6,9H2,1H3. The van der Waals surface area contributed by atoms with Crippen molar-refractivity contribution in [3.05, 3.63) is 18.1 Å². The normalized spacial score (nSPS) is 16.6. The van der Waals surface area contributed by atoms with Crippen LogP contribution in [-0.2, 0) is 6.61 Å². The lowest BCUT2D eigenvalue weighted by atomic mass is 10.2. The van der Waals surface area contributed by atoms with Gasteiger partial charge < -0.3 is 10.0 Å². The maximum absolute atomic E-state index is 9.06. The Bertz CT molecular complexity index is 337. The van der Waals surface area contributed by atoms with Crippen LogP contribution in [0.3, 0.4) is 0 Å². The maximum atomic E-state index is 9.06. The molecule has 1 aliphatic rings. The molecule has 88 valence electrons. The minimum atomic E-state index is -0.0386. The van der Waals surface area contributed by atoms with Gasteiger partial charge in [0.2, 0.25) is 0 Å². The molecule has 0 aliphatic heterocycles. The van der Waals surface area contributed by atoms with E-state index in [1.807, 2.05) is 0 Å². The Morgan fingerprint density at radius 3 is 2.75 bits per heavy atom. The molecule has 4 heteroatoms. The highest BCUT2D eigenvalue weighted by atomic mass is 16.3. The van der Waals surface area contributed by atoms with E-state index >= 15 is 0 Å². The van der Waals surface area contributed by atoms with Gasteiger partial charge in [0, 0.05) is 12.6 Å². The van der Waals surface area contributed by atoms with E-state index in [1.165, 1.54) is 25.7 Å². The Balaban J connectivity index is 2.18. The first-order valence-electron chi connectivity index (χ1n) is 6.03. The van der Waals surface area contributed by atoms with Crippen molar-refractivity contribution in [3.8, 4) is 0 Å². The molecular formula is C12H19N3O. The molecule has 4 nitrogen and oxygen atoms in total. The van der Waals surface area contributed by atoms with Crippen molar-refractivity contribution < 1.29 is 5.11 Å². The van der Waals surface area contributed by atoms with Crippen LogP contribution in [0.5, 0.6) is 0 Å². The summed E-state index contributed by atoms with van der Waals surface area (Å²) in [5.41, 5.74) is 0.647. The molecule has 0 aromatic carbocycles. The van der Waals surface area contributed by atoms with E-state index in [9.17, 15) is 0 Å². The molecule has 0 bridgehead atoms. The Morgan fingerprint density at radius 1 is 1.38 bits per heavy atom. The van der Waals surface area contributed by atoms with Crippen LogP contribution in [0.15, 0.2) is 12.4 Å². The number of rotatable bonds is 4. The van der Waals surface area contributed by atoms with E-state index in [0.29, 0.717) is 11.7 Å². The molecule has 1 aromatic heterocycles. The van der Waals surface area contributed by atoms with Gasteiger partial charge in [-0.2, -0.15) is 0 Å². The average Bonchev–Trinajstić information content (AvgIpc) is 2.84. The Hall–Kier alpha value is -1.16. The Morgan fingerprint density at radius 2 is 2.12 bits per heavy atom. The minimum Gasteiger partial charge on any atom is -0.390 e. The molecule has 1 saturated carbocycles. The first-order valence-corrected chi connectivity index (χ1v) is 6.03. The second-order valence-corrected chi connectivity index (χ2v) is 4.25. The molecule has 0 spiro atoms. The highest BCUT2D eigenvalue weighted by Crippen LogP contribution is 2.26. The zero-order valence-electron chi connectivity index (χ0n) is 9.76. The second kappa shape index (κ2) is 5.25. The van der Waals surface area contributed by atoms with Crippen molar-refractivity contribution in [1.29, 1.82) is 0 Å². The molecule has 16 heavy (non-hydrogen) atoms. The first kappa shape index (κ1) is 11.3. The van der Waals surface area contributed by atoms with Crippen molar-refractivity contribution in [3.63, 3.8) is 0 Å². The molecule has 1 aliphatic carbocycles. The molecule has 0 amide bonds. The van der Waals surface area contributed by atoms with E-state index in [0.717, 1.165) is 12.4 Å². The average molecular weight is 221 g/mol. The number of aliphatic hydroxyl groups excluding tert-OH is 1. The quantitative estimate of drug-likeness (QED) is 0.841. The van der Waals surface area contributed by atoms with Crippen LogP contribution < -0.4 is 4.90 Å². The van der Waals surface area contributed by atoms with Gasteiger partial charge in [-0.3, -0.25) is 4.98 Å². The van der Waals surface area contributed by atoms with Crippen LogP contribution in [-0.4, -0.2) is 27.7 Å². The van der Waals surface area contributed by atoms with Crippen molar-refractivity contribution in [1.82, 2.24) is 9.97 Å². The van der Waals surface area contributed by atoms with E-state index < -0.39 is 0 Å². The number of hydrogen-bond acceptors (Lipinski definition) is 4. The van der Waals surface area contributed by atoms with Crippen LogP contribution in [0.4, 0.5) is 5.82 Å². The van der Waals surface area contributed by atoms with Gasteiger partial charge in [0.1, 0.15) is 5.82 Å². The molecule has 1 N–H and O–H groups in total. The van der Waals surface area contributed by atoms with Gasteiger partial charge >= 0.3 is 0 Å². The van der Waals surface area contributed by atoms with Gasteiger partial charge in [-0.05, 0) is 19.8 Å². The summed E-state index contributed by atoms with van der Waals surface area (Å²) in [5, 5.41) is 9.06. The van der Waals surface area contributed by atoms with Gasteiger partial charge in [0.15, 0.2) is 0 Å². The summed E-state index contributed by atoms with van der Waals surface area (Å²) in [4.78, 5) is 10.9. The van der Waals surface area contributed by atoms with E-state index in [1.54, 1.807) is 12.4 Å². The van der Waals surface area contributed by atoms with Gasteiger partial charge in [-0.1, -0.05) is 12.8 Å². The molecule has 0 atom stereocenters. The zero-order valence-corrected chi connectivity index (χ0v) is 9.76. The van der Waals surface area contributed by atoms with Crippen LogP contribution in [0.2, 0.25) is 0 Å². The van der Waals surface area contributed by atoms with Crippen LogP contribution in [0, 0.1) is 0 Å². The van der Waals surface area contributed by atoms with Crippen LogP contribution in [0.1, 0.15) is 38.3 Å². The summed E-state index contributed by atoms with van der Waals surface area (Å²) >= 11 is 0. The summed E-state index contributed by atoms with van der Waals surface area (Å²) < 4.78 is 0. The Labute approximate surface area is 96.3 Å². The lowest BCUT2D eigenvalue weighted by Crippen LogP contribution is -2.33.